The highest BCUT2D eigenvalue weighted by Gasteiger charge is 2.35. The summed E-state index contributed by atoms with van der Waals surface area (Å²) in [6.45, 7) is 3.74. The highest BCUT2D eigenvalue weighted by molar-refractivity contribution is 7.89. The van der Waals surface area contributed by atoms with Crippen molar-refractivity contribution in [2.75, 3.05) is 26.7 Å². The van der Waals surface area contributed by atoms with Crippen LogP contribution in [0.2, 0.25) is 0 Å². The molecule has 0 radical (unpaired) electrons. The van der Waals surface area contributed by atoms with Crippen molar-refractivity contribution in [2.24, 2.45) is 13.0 Å². The van der Waals surface area contributed by atoms with Gasteiger partial charge in [0.2, 0.25) is 10.0 Å². The zero-order chi connectivity index (χ0) is 30.2. The number of aliphatic hydroxyl groups is 1. The molecule has 42 heavy (non-hydrogen) atoms. The summed E-state index contributed by atoms with van der Waals surface area (Å²) < 4.78 is 50.6. The normalized spacial score (nSPS) is 18.9. The van der Waals surface area contributed by atoms with E-state index in [0.29, 0.717) is 5.69 Å². The quantitative estimate of drug-likeness (QED) is 0.351. The number of sulfonamides is 1. The highest BCUT2D eigenvalue weighted by Crippen LogP contribution is 2.38. The summed E-state index contributed by atoms with van der Waals surface area (Å²) in [6, 6.07) is 20.3. The monoisotopic (exact) mass is 593 g/mol. The summed E-state index contributed by atoms with van der Waals surface area (Å²) in [5.41, 5.74) is 3.90. The molecule has 3 aromatic carbocycles. The van der Waals surface area contributed by atoms with Gasteiger partial charge in [-0.25, -0.2) is 12.8 Å². The van der Waals surface area contributed by atoms with Gasteiger partial charge in [-0.2, -0.15) is 4.31 Å². The molecular weight excluding hydrogens is 557 g/mol. The molecule has 1 aromatic heterocycles. The first-order valence-corrected chi connectivity index (χ1v) is 15.4. The third-order valence-corrected chi connectivity index (χ3v) is 10.0. The summed E-state index contributed by atoms with van der Waals surface area (Å²) in [5, 5.41) is 11.1. The topological polar surface area (TPSA) is 92.1 Å². The maximum absolute atomic E-state index is 14.5. The van der Waals surface area contributed by atoms with Crippen LogP contribution in [0.1, 0.15) is 29.9 Å². The molecular formula is C32H36FN3O5S. The standard InChI is InChI=1S/C32H36FN3O5S/c1-21-17-36(22(2)19-37)32(38)31-30(25-13-7-9-15-27(25)35(31)4)24-12-6-5-11-23(24)20-41-28(21)18-34(3)42(39,40)29-16-10-8-14-26(29)33/h5-16,21-22,28,37H,17-20H2,1-4H3/t21-,22-,28+/m0/s1. The van der Waals surface area contributed by atoms with E-state index in [0.717, 1.165) is 38.0 Å². The maximum atomic E-state index is 14.5. The Morgan fingerprint density at radius 1 is 1.07 bits per heavy atom. The molecule has 0 saturated carbocycles. The second-order valence-electron chi connectivity index (χ2n) is 11.0. The van der Waals surface area contributed by atoms with Gasteiger partial charge in [0.15, 0.2) is 0 Å². The fourth-order valence-electron chi connectivity index (χ4n) is 5.70. The average Bonchev–Trinajstić information content (AvgIpc) is 3.28. The largest absolute Gasteiger partial charge is 0.394 e. The minimum absolute atomic E-state index is 0.0641. The number of carbonyl (C=O) groups excluding carboxylic acids is 1. The Kier molecular flexibility index (Phi) is 8.52. The van der Waals surface area contributed by atoms with Crippen LogP contribution in [0.25, 0.3) is 22.0 Å². The van der Waals surface area contributed by atoms with Crippen LogP contribution in [0, 0.1) is 11.7 Å². The number of nitrogens with zero attached hydrogens (tertiary/aromatic N) is 3. The lowest BCUT2D eigenvalue weighted by Crippen LogP contribution is -2.48. The Morgan fingerprint density at radius 3 is 2.48 bits per heavy atom. The first kappa shape index (κ1) is 29.9. The average molecular weight is 594 g/mol. The van der Waals surface area contributed by atoms with Crippen molar-refractivity contribution in [3.05, 3.63) is 89.9 Å². The minimum atomic E-state index is -4.15. The van der Waals surface area contributed by atoms with E-state index in [1.807, 2.05) is 67.1 Å². The molecule has 0 aliphatic carbocycles. The van der Waals surface area contributed by atoms with Crippen molar-refractivity contribution in [1.29, 1.82) is 0 Å². The molecule has 1 N–H and O–H groups in total. The molecule has 222 valence electrons. The molecule has 0 bridgehead atoms. The predicted molar refractivity (Wildman–Crippen MR) is 160 cm³/mol. The number of halogens is 1. The maximum Gasteiger partial charge on any atom is 0.271 e. The molecule has 0 spiro atoms. The minimum Gasteiger partial charge on any atom is -0.394 e. The predicted octanol–water partition coefficient (Wildman–Crippen LogP) is 4.66. The molecule has 1 aliphatic rings. The van der Waals surface area contributed by atoms with Crippen LogP contribution < -0.4 is 0 Å². The van der Waals surface area contributed by atoms with E-state index in [2.05, 4.69) is 0 Å². The molecule has 10 heteroatoms. The molecule has 1 amide bonds. The fraction of sp³-hybridized carbons (Fsp3) is 0.344. The van der Waals surface area contributed by atoms with Gasteiger partial charge in [0.1, 0.15) is 16.4 Å². The first-order valence-electron chi connectivity index (χ1n) is 14.0. The molecule has 0 saturated heterocycles. The van der Waals surface area contributed by atoms with Gasteiger partial charge < -0.3 is 19.3 Å². The number of benzene rings is 3. The van der Waals surface area contributed by atoms with Crippen molar-refractivity contribution in [3.8, 4) is 11.1 Å². The number of aromatic nitrogens is 1. The van der Waals surface area contributed by atoms with Crippen LogP contribution in [0.3, 0.4) is 0 Å². The van der Waals surface area contributed by atoms with Crippen LogP contribution >= 0.6 is 0 Å². The summed E-state index contributed by atoms with van der Waals surface area (Å²) in [7, 11) is -0.883. The number of fused-ring (bicyclic) bond motifs is 5. The molecule has 1 aliphatic heterocycles. The molecule has 0 unspecified atom stereocenters. The first-order chi connectivity index (χ1) is 20.1. The molecule has 0 fully saturated rings. The summed E-state index contributed by atoms with van der Waals surface area (Å²) in [6.07, 6.45) is -0.649. The number of hydrogen-bond donors (Lipinski definition) is 1. The van der Waals surface area contributed by atoms with E-state index in [1.54, 1.807) is 11.8 Å². The number of carbonyl (C=O) groups is 1. The van der Waals surface area contributed by atoms with Crippen LogP contribution in [0.4, 0.5) is 4.39 Å². The SMILES string of the molecule is C[C@H]1CN([C@@H](C)CO)C(=O)c2c(c3ccccc3n2C)-c2ccccc2CO[C@@H]1CN(C)S(=O)(=O)c1ccccc1F. The van der Waals surface area contributed by atoms with Crippen molar-refractivity contribution in [1.82, 2.24) is 13.8 Å². The second-order valence-corrected chi connectivity index (χ2v) is 13.0. The van der Waals surface area contributed by atoms with E-state index < -0.39 is 32.9 Å². The highest BCUT2D eigenvalue weighted by atomic mass is 32.2. The van der Waals surface area contributed by atoms with Crippen LogP contribution in [-0.4, -0.2) is 72.1 Å². The smallest absolute Gasteiger partial charge is 0.271 e. The zero-order valence-corrected chi connectivity index (χ0v) is 25.0. The Morgan fingerprint density at radius 2 is 1.74 bits per heavy atom. The van der Waals surface area contributed by atoms with E-state index in [4.69, 9.17) is 4.74 Å². The van der Waals surface area contributed by atoms with Crippen molar-refractivity contribution < 1.29 is 27.4 Å². The number of rotatable bonds is 6. The van der Waals surface area contributed by atoms with E-state index >= 15 is 0 Å². The van der Waals surface area contributed by atoms with E-state index in [9.17, 15) is 22.7 Å². The lowest BCUT2D eigenvalue weighted by atomic mass is 9.96. The van der Waals surface area contributed by atoms with Crippen molar-refractivity contribution in [2.45, 2.75) is 37.5 Å². The number of hydrogen-bond acceptors (Lipinski definition) is 5. The second kappa shape index (κ2) is 12.0. The molecule has 5 rings (SSSR count). The Balaban J connectivity index is 1.61. The van der Waals surface area contributed by atoms with Gasteiger partial charge in [0.05, 0.1) is 25.4 Å². The van der Waals surface area contributed by atoms with Crippen molar-refractivity contribution in [3.63, 3.8) is 0 Å². The van der Waals surface area contributed by atoms with Gasteiger partial charge in [-0.3, -0.25) is 4.79 Å². The lowest BCUT2D eigenvalue weighted by Gasteiger charge is -2.35. The molecule has 8 nitrogen and oxygen atoms in total. The lowest BCUT2D eigenvalue weighted by molar-refractivity contribution is -0.0147. The zero-order valence-electron chi connectivity index (χ0n) is 24.2. The van der Waals surface area contributed by atoms with Gasteiger partial charge in [-0.1, -0.05) is 61.5 Å². The van der Waals surface area contributed by atoms with E-state index in [-0.39, 0.29) is 38.1 Å². The number of aryl methyl sites for hydroxylation is 1. The third-order valence-electron chi connectivity index (χ3n) is 8.19. The molecule has 3 atom stereocenters. The molecule has 2 heterocycles. The number of ether oxygens (including phenoxy) is 1. The molecule has 4 aromatic rings. The Bertz CT molecular complexity index is 1720. The third kappa shape index (κ3) is 5.35. The van der Waals surface area contributed by atoms with Gasteiger partial charge in [0, 0.05) is 49.6 Å². The van der Waals surface area contributed by atoms with Gasteiger partial charge in [-0.05, 0) is 36.2 Å². The Hall–Kier alpha value is -3.57. The van der Waals surface area contributed by atoms with E-state index in [1.165, 1.54) is 25.2 Å². The van der Waals surface area contributed by atoms with Gasteiger partial charge >= 0.3 is 0 Å². The Labute approximate surface area is 246 Å². The van der Waals surface area contributed by atoms with Crippen LogP contribution in [0.15, 0.2) is 77.7 Å². The number of amides is 1. The van der Waals surface area contributed by atoms with Gasteiger partial charge in [-0.15, -0.1) is 0 Å². The number of likely N-dealkylation sites (N-methyl/N-ethyl adjacent to an activating group) is 1. The van der Waals surface area contributed by atoms with Gasteiger partial charge in [0.25, 0.3) is 5.91 Å². The summed E-state index contributed by atoms with van der Waals surface area (Å²) >= 11 is 0. The summed E-state index contributed by atoms with van der Waals surface area (Å²) in [5.74, 6) is -1.40. The summed E-state index contributed by atoms with van der Waals surface area (Å²) in [4.78, 5) is 15.7. The van der Waals surface area contributed by atoms with Crippen LogP contribution in [-0.2, 0) is 28.4 Å². The number of aliphatic hydroxyl groups excluding tert-OH is 1. The van der Waals surface area contributed by atoms with Crippen LogP contribution in [0.5, 0.6) is 0 Å². The fourth-order valence-corrected chi connectivity index (χ4v) is 6.94. The van der Waals surface area contributed by atoms with Crippen molar-refractivity contribution >= 4 is 26.8 Å². The number of para-hydroxylation sites is 1.